The van der Waals surface area contributed by atoms with Gasteiger partial charge in [-0.15, -0.1) is 24.8 Å². The summed E-state index contributed by atoms with van der Waals surface area (Å²) in [5.41, 5.74) is 4.28. The van der Waals surface area contributed by atoms with Gasteiger partial charge >= 0.3 is 0 Å². The summed E-state index contributed by atoms with van der Waals surface area (Å²) in [6.45, 7) is 14.6. The average Bonchev–Trinajstić information content (AvgIpc) is 3.26. The molecule has 3 aromatic rings. The Morgan fingerprint density at radius 1 is 1.00 bits per heavy atom. The van der Waals surface area contributed by atoms with E-state index in [-0.39, 0.29) is 30.4 Å². The fourth-order valence-corrected chi connectivity index (χ4v) is 4.35. The lowest BCUT2D eigenvalue weighted by Gasteiger charge is -2.34. The number of anilines is 1. The van der Waals surface area contributed by atoms with E-state index >= 15 is 0 Å². The number of benzene rings is 1. The predicted molar refractivity (Wildman–Crippen MR) is 142 cm³/mol. The molecule has 0 saturated carbocycles. The highest BCUT2D eigenvalue weighted by Gasteiger charge is 2.21. The van der Waals surface area contributed by atoms with E-state index in [1.54, 1.807) is 6.26 Å². The van der Waals surface area contributed by atoms with Crippen molar-refractivity contribution in [2.45, 2.75) is 46.1 Å². The van der Waals surface area contributed by atoms with E-state index in [1.807, 2.05) is 6.07 Å². The average molecular weight is 495 g/mol. The third kappa shape index (κ3) is 6.63. The zero-order valence-corrected chi connectivity index (χ0v) is 21.8. The Balaban J connectivity index is 0.00000193. The van der Waals surface area contributed by atoms with Gasteiger partial charge in [-0.1, -0.05) is 31.2 Å². The molecule has 182 valence electrons. The summed E-state index contributed by atoms with van der Waals surface area (Å²) in [6, 6.07) is 13.0. The first-order chi connectivity index (χ1) is 15.0. The minimum atomic E-state index is -0.0853. The standard InChI is InChI=1S/C26H35N3O2.2ClH/c1-5-28-14-16-29(17-15-28)25-24-22(12-18-30-24)19-23(27-25)21-9-7-20(8-10-21)11-13-26(3,4)31-6-2;;/h7-10,12,18-19H,5-6,11,13-17H2,1-4H3;2*1H. The number of nitrogens with zero attached hydrogens (tertiary/aromatic N) is 3. The summed E-state index contributed by atoms with van der Waals surface area (Å²) in [4.78, 5) is 9.89. The number of ether oxygens (including phenoxy) is 1. The molecule has 1 fully saturated rings. The lowest BCUT2D eigenvalue weighted by atomic mass is 9.97. The van der Waals surface area contributed by atoms with Crippen molar-refractivity contribution in [1.29, 1.82) is 0 Å². The monoisotopic (exact) mass is 493 g/mol. The number of furan rings is 1. The summed E-state index contributed by atoms with van der Waals surface area (Å²) >= 11 is 0. The van der Waals surface area contributed by atoms with Gasteiger partial charge in [-0.25, -0.2) is 4.98 Å². The Morgan fingerprint density at radius 3 is 2.33 bits per heavy atom. The van der Waals surface area contributed by atoms with Crippen molar-refractivity contribution in [1.82, 2.24) is 9.88 Å². The largest absolute Gasteiger partial charge is 0.460 e. The molecule has 0 unspecified atom stereocenters. The first-order valence-corrected chi connectivity index (χ1v) is 11.6. The molecule has 0 radical (unpaired) electrons. The van der Waals surface area contributed by atoms with Crippen LogP contribution in [-0.4, -0.2) is 54.8 Å². The van der Waals surface area contributed by atoms with Crippen LogP contribution < -0.4 is 4.90 Å². The van der Waals surface area contributed by atoms with Gasteiger partial charge in [0.25, 0.3) is 0 Å². The van der Waals surface area contributed by atoms with Crippen LogP contribution in [0.25, 0.3) is 22.2 Å². The van der Waals surface area contributed by atoms with Crippen LogP contribution >= 0.6 is 24.8 Å². The van der Waals surface area contributed by atoms with Crippen LogP contribution in [0.3, 0.4) is 0 Å². The van der Waals surface area contributed by atoms with Gasteiger partial charge in [0.05, 0.1) is 17.6 Å². The molecule has 0 amide bonds. The van der Waals surface area contributed by atoms with Gasteiger partial charge in [0.2, 0.25) is 0 Å². The number of likely N-dealkylation sites (N-methyl/N-ethyl adjacent to an activating group) is 1. The fraction of sp³-hybridized carbons (Fsp3) is 0.500. The Labute approximate surface area is 210 Å². The summed E-state index contributed by atoms with van der Waals surface area (Å²) in [6.07, 6.45) is 3.78. The maximum Gasteiger partial charge on any atom is 0.176 e. The number of rotatable bonds is 8. The Hall–Kier alpha value is -1.79. The highest BCUT2D eigenvalue weighted by molar-refractivity contribution is 5.90. The van der Waals surface area contributed by atoms with Crippen LogP contribution in [0.15, 0.2) is 47.1 Å². The fourth-order valence-electron chi connectivity index (χ4n) is 4.35. The van der Waals surface area contributed by atoms with Crippen molar-refractivity contribution < 1.29 is 9.15 Å². The molecule has 0 bridgehead atoms. The van der Waals surface area contributed by atoms with Gasteiger partial charge in [-0.05, 0) is 57.9 Å². The van der Waals surface area contributed by atoms with Crippen molar-refractivity contribution in [3.63, 3.8) is 0 Å². The Bertz CT molecular complexity index is 996. The van der Waals surface area contributed by atoms with Crippen molar-refractivity contribution in [3.8, 4) is 11.3 Å². The molecule has 3 heterocycles. The second-order valence-electron chi connectivity index (χ2n) is 8.98. The summed E-state index contributed by atoms with van der Waals surface area (Å²) in [7, 11) is 0. The van der Waals surface area contributed by atoms with E-state index in [2.05, 4.69) is 67.8 Å². The molecule has 0 spiro atoms. The topological polar surface area (TPSA) is 41.7 Å². The van der Waals surface area contributed by atoms with Crippen molar-refractivity contribution in [2.75, 3.05) is 44.2 Å². The van der Waals surface area contributed by atoms with Gasteiger partial charge in [0.1, 0.15) is 0 Å². The van der Waals surface area contributed by atoms with E-state index in [0.717, 1.165) is 80.2 Å². The molecular formula is C26H37Cl2N3O2. The molecule has 1 aromatic carbocycles. The molecule has 1 aliphatic rings. The first-order valence-electron chi connectivity index (χ1n) is 11.6. The van der Waals surface area contributed by atoms with Crippen molar-refractivity contribution in [2.24, 2.45) is 0 Å². The van der Waals surface area contributed by atoms with Gasteiger partial charge in [0, 0.05) is 43.7 Å². The first kappa shape index (κ1) is 27.5. The number of aryl methyl sites for hydroxylation is 1. The van der Waals surface area contributed by atoms with Crippen LogP contribution in [0.4, 0.5) is 5.82 Å². The second-order valence-corrected chi connectivity index (χ2v) is 8.98. The molecule has 0 N–H and O–H groups in total. The number of piperazine rings is 1. The van der Waals surface area contributed by atoms with Crippen molar-refractivity contribution in [3.05, 3.63) is 48.2 Å². The maximum atomic E-state index is 5.84. The maximum absolute atomic E-state index is 5.84. The van der Waals surface area contributed by atoms with Crippen LogP contribution in [0.2, 0.25) is 0 Å². The predicted octanol–water partition coefficient (Wildman–Crippen LogP) is 6.23. The third-order valence-corrected chi connectivity index (χ3v) is 6.34. The van der Waals surface area contributed by atoms with E-state index in [1.165, 1.54) is 5.56 Å². The lowest BCUT2D eigenvalue weighted by Crippen LogP contribution is -2.46. The van der Waals surface area contributed by atoms with Gasteiger partial charge < -0.3 is 19.0 Å². The van der Waals surface area contributed by atoms with E-state index in [9.17, 15) is 0 Å². The molecule has 33 heavy (non-hydrogen) atoms. The summed E-state index contributed by atoms with van der Waals surface area (Å²) in [5, 5.41) is 1.11. The Morgan fingerprint density at radius 2 is 1.70 bits per heavy atom. The summed E-state index contributed by atoms with van der Waals surface area (Å²) < 4.78 is 11.7. The van der Waals surface area contributed by atoms with E-state index in [4.69, 9.17) is 14.1 Å². The van der Waals surface area contributed by atoms with Gasteiger partial charge in [-0.3, -0.25) is 0 Å². The number of pyridine rings is 1. The zero-order chi connectivity index (χ0) is 21.8. The normalized spacial score (nSPS) is 14.7. The smallest absolute Gasteiger partial charge is 0.176 e. The van der Waals surface area contributed by atoms with Crippen LogP contribution in [0, 0.1) is 0 Å². The van der Waals surface area contributed by atoms with Crippen LogP contribution in [-0.2, 0) is 11.2 Å². The molecule has 5 nitrogen and oxygen atoms in total. The van der Waals surface area contributed by atoms with E-state index < -0.39 is 0 Å². The van der Waals surface area contributed by atoms with Gasteiger partial charge in [-0.2, -0.15) is 0 Å². The minimum absolute atomic E-state index is 0. The second kappa shape index (κ2) is 12.1. The molecule has 0 aliphatic carbocycles. The number of hydrogen-bond acceptors (Lipinski definition) is 5. The van der Waals surface area contributed by atoms with E-state index in [0.29, 0.717) is 0 Å². The molecule has 4 rings (SSSR count). The Kier molecular flexibility index (Phi) is 10.0. The lowest BCUT2D eigenvalue weighted by molar-refractivity contribution is -0.0158. The highest BCUT2D eigenvalue weighted by Crippen LogP contribution is 2.31. The molecular weight excluding hydrogens is 457 g/mol. The SMILES string of the molecule is CCOC(C)(C)CCc1ccc(-c2cc3ccoc3c(N3CCN(CC)CC3)n2)cc1.Cl.Cl. The number of halogens is 2. The molecule has 0 atom stereocenters. The third-order valence-electron chi connectivity index (χ3n) is 6.34. The number of fused-ring (bicyclic) bond motifs is 1. The number of hydrogen-bond donors (Lipinski definition) is 0. The van der Waals surface area contributed by atoms with Crippen LogP contribution in [0.1, 0.15) is 39.7 Å². The molecule has 1 saturated heterocycles. The summed E-state index contributed by atoms with van der Waals surface area (Å²) in [5.74, 6) is 0.968. The van der Waals surface area contributed by atoms with Crippen LogP contribution in [0.5, 0.6) is 0 Å². The quantitative estimate of drug-likeness (QED) is 0.372. The molecule has 2 aromatic heterocycles. The van der Waals surface area contributed by atoms with Crippen molar-refractivity contribution >= 4 is 41.6 Å². The molecule has 7 heteroatoms. The number of aromatic nitrogens is 1. The van der Waals surface area contributed by atoms with Gasteiger partial charge in [0.15, 0.2) is 11.4 Å². The molecule has 1 aliphatic heterocycles. The minimum Gasteiger partial charge on any atom is -0.460 e. The highest BCUT2D eigenvalue weighted by atomic mass is 35.5. The zero-order valence-electron chi connectivity index (χ0n) is 20.2.